The minimum absolute atomic E-state index is 0.00968. The van der Waals surface area contributed by atoms with Crippen molar-refractivity contribution in [3.05, 3.63) is 0 Å². The van der Waals surface area contributed by atoms with Gasteiger partial charge in [0.1, 0.15) is 12.1 Å². The Morgan fingerprint density at radius 1 is 1.15 bits per heavy atom. The van der Waals surface area contributed by atoms with Gasteiger partial charge < -0.3 is 15.1 Å². The fourth-order valence-electron chi connectivity index (χ4n) is 1.40. The molecular formula is C7H9NO5. The molecule has 0 aromatic rings. The van der Waals surface area contributed by atoms with E-state index in [9.17, 15) is 14.4 Å². The molecule has 6 heteroatoms. The summed E-state index contributed by atoms with van der Waals surface area (Å²) in [6.07, 6.45) is -0.00968. The molecule has 1 fully saturated rings. The van der Waals surface area contributed by atoms with E-state index >= 15 is 0 Å². The molecule has 0 bridgehead atoms. The molecule has 1 heterocycles. The Kier molecular flexibility index (Phi) is 2.22. The molecule has 0 aromatic carbocycles. The van der Waals surface area contributed by atoms with E-state index in [0.29, 0.717) is 0 Å². The van der Waals surface area contributed by atoms with Crippen LogP contribution >= 0.6 is 0 Å². The Morgan fingerprint density at radius 2 is 1.54 bits per heavy atom. The molecule has 0 spiro atoms. The zero-order chi connectivity index (χ0) is 10.2. The Hall–Kier alpha value is -1.59. The molecule has 72 valence electrons. The molecule has 1 rings (SSSR count). The number of hydrogen-bond donors (Lipinski definition) is 2. The number of amides is 1. The molecule has 2 unspecified atom stereocenters. The van der Waals surface area contributed by atoms with Gasteiger partial charge in [-0.25, -0.2) is 9.59 Å². The van der Waals surface area contributed by atoms with E-state index in [0.717, 1.165) is 11.8 Å². The molecule has 1 saturated heterocycles. The third kappa shape index (κ3) is 1.47. The highest BCUT2D eigenvalue weighted by Crippen LogP contribution is 2.26. The Labute approximate surface area is 73.8 Å². The number of likely N-dealkylation sites (tertiary alicyclic amines) is 1. The van der Waals surface area contributed by atoms with E-state index in [2.05, 4.69) is 0 Å². The lowest BCUT2D eigenvalue weighted by atomic mass is 9.93. The average molecular weight is 187 g/mol. The van der Waals surface area contributed by atoms with Crippen LogP contribution < -0.4 is 0 Å². The third-order valence-electron chi connectivity index (χ3n) is 2.05. The lowest BCUT2D eigenvalue weighted by Crippen LogP contribution is -2.64. The largest absolute Gasteiger partial charge is 0.480 e. The monoisotopic (exact) mass is 187 g/mol. The number of aliphatic carboxylic acids is 2. The van der Waals surface area contributed by atoms with Gasteiger partial charge in [0.05, 0.1) is 0 Å². The van der Waals surface area contributed by atoms with Crippen molar-refractivity contribution in [2.45, 2.75) is 25.4 Å². The number of nitrogens with zero attached hydrogens (tertiary/aromatic N) is 1. The van der Waals surface area contributed by atoms with Gasteiger partial charge in [0.25, 0.3) is 0 Å². The molecule has 2 atom stereocenters. The molecule has 1 amide bonds. The van der Waals surface area contributed by atoms with E-state index in [4.69, 9.17) is 10.2 Å². The second-order valence-corrected chi connectivity index (χ2v) is 2.87. The van der Waals surface area contributed by atoms with E-state index in [1.54, 1.807) is 0 Å². The summed E-state index contributed by atoms with van der Waals surface area (Å²) < 4.78 is 0. The van der Waals surface area contributed by atoms with Gasteiger partial charge in [0.15, 0.2) is 0 Å². The van der Waals surface area contributed by atoms with Gasteiger partial charge in [-0.1, -0.05) is 0 Å². The van der Waals surface area contributed by atoms with E-state index in [-0.39, 0.29) is 6.42 Å². The van der Waals surface area contributed by atoms with Crippen LogP contribution in [0.2, 0.25) is 0 Å². The lowest BCUT2D eigenvalue weighted by molar-refractivity contribution is -0.171. The highest BCUT2D eigenvalue weighted by molar-refractivity contribution is 5.91. The summed E-state index contributed by atoms with van der Waals surface area (Å²) >= 11 is 0. The first-order valence-corrected chi connectivity index (χ1v) is 3.69. The van der Waals surface area contributed by atoms with Crippen LogP contribution in [0.15, 0.2) is 0 Å². The summed E-state index contributed by atoms with van der Waals surface area (Å²) in [6, 6.07) is -1.95. The summed E-state index contributed by atoms with van der Waals surface area (Å²) in [6.45, 7) is 1.16. The first kappa shape index (κ1) is 9.50. The molecule has 2 N–H and O–H groups in total. The maximum absolute atomic E-state index is 10.9. The number of carboxylic acid groups (broad SMARTS) is 2. The van der Waals surface area contributed by atoms with Crippen LogP contribution in [0.3, 0.4) is 0 Å². The maximum atomic E-state index is 10.9. The maximum Gasteiger partial charge on any atom is 0.326 e. The molecule has 13 heavy (non-hydrogen) atoms. The second kappa shape index (κ2) is 3.04. The fourth-order valence-corrected chi connectivity index (χ4v) is 1.40. The number of carbonyl (C=O) groups excluding carboxylic acids is 1. The molecule has 1 aliphatic heterocycles. The van der Waals surface area contributed by atoms with E-state index < -0.39 is 29.9 Å². The fraction of sp³-hybridized carbons (Fsp3) is 0.571. The smallest absolute Gasteiger partial charge is 0.326 e. The summed E-state index contributed by atoms with van der Waals surface area (Å²) in [5.41, 5.74) is 0. The van der Waals surface area contributed by atoms with Crippen LogP contribution in [0.25, 0.3) is 0 Å². The van der Waals surface area contributed by atoms with Crippen molar-refractivity contribution >= 4 is 17.8 Å². The van der Waals surface area contributed by atoms with Gasteiger partial charge in [-0.05, 0) is 0 Å². The number of rotatable bonds is 2. The topological polar surface area (TPSA) is 94.9 Å². The van der Waals surface area contributed by atoms with Crippen molar-refractivity contribution < 1.29 is 24.6 Å². The van der Waals surface area contributed by atoms with Gasteiger partial charge >= 0.3 is 11.9 Å². The number of hydrogen-bond acceptors (Lipinski definition) is 3. The van der Waals surface area contributed by atoms with Crippen LogP contribution in [-0.2, 0) is 14.4 Å². The van der Waals surface area contributed by atoms with Gasteiger partial charge in [-0.2, -0.15) is 0 Å². The van der Waals surface area contributed by atoms with Gasteiger partial charge in [-0.3, -0.25) is 4.79 Å². The molecule has 6 nitrogen and oxygen atoms in total. The number of carbonyl (C=O) groups is 3. The second-order valence-electron chi connectivity index (χ2n) is 2.87. The Balaban J connectivity index is 2.74. The molecule has 0 aromatic heterocycles. The van der Waals surface area contributed by atoms with Crippen molar-refractivity contribution in [1.82, 2.24) is 4.90 Å². The summed E-state index contributed by atoms with van der Waals surface area (Å²) in [4.78, 5) is 32.7. The zero-order valence-electron chi connectivity index (χ0n) is 6.93. The summed E-state index contributed by atoms with van der Waals surface area (Å²) in [7, 11) is 0. The average Bonchev–Trinajstić information content (AvgIpc) is 1.79. The SMILES string of the molecule is CC(=O)N1C(C(=O)O)CC1C(=O)O. The lowest BCUT2D eigenvalue weighted by Gasteiger charge is -2.42. The highest BCUT2D eigenvalue weighted by atomic mass is 16.4. The van der Waals surface area contributed by atoms with Gasteiger partial charge in [0.2, 0.25) is 5.91 Å². The van der Waals surface area contributed by atoms with E-state index in [1.165, 1.54) is 0 Å². The van der Waals surface area contributed by atoms with Crippen LogP contribution in [-0.4, -0.2) is 45.0 Å². The Bertz CT molecular complexity index is 254. The molecule has 0 aliphatic carbocycles. The van der Waals surface area contributed by atoms with E-state index in [1.807, 2.05) is 0 Å². The molecule has 0 saturated carbocycles. The molecular weight excluding hydrogens is 178 g/mol. The highest BCUT2D eigenvalue weighted by Gasteiger charge is 2.48. The first-order chi connectivity index (χ1) is 5.95. The Morgan fingerprint density at radius 3 is 1.77 bits per heavy atom. The quantitative estimate of drug-likeness (QED) is 0.586. The predicted octanol–water partition coefficient (Wildman–Crippen LogP) is -0.855. The zero-order valence-corrected chi connectivity index (χ0v) is 6.93. The minimum atomic E-state index is -1.16. The molecule has 1 aliphatic rings. The van der Waals surface area contributed by atoms with Crippen LogP contribution in [0.4, 0.5) is 0 Å². The summed E-state index contributed by atoms with van der Waals surface area (Å²) in [5.74, 6) is -2.84. The normalized spacial score (nSPS) is 26.4. The third-order valence-corrected chi connectivity index (χ3v) is 2.05. The summed E-state index contributed by atoms with van der Waals surface area (Å²) in [5, 5.41) is 17.1. The van der Waals surface area contributed by atoms with Crippen molar-refractivity contribution in [2.24, 2.45) is 0 Å². The molecule has 0 radical (unpaired) electrons. The van der Waals surface area contributed by atoms with Crippen LogP contribution in [0.5, 0.6) is 0 Å². The van der Waals surface area contributed by atoms with Crippen LogP contribution in [0, 0.1) is 0 Å². The minimum Gasteiger partial charge on any atom is -0.480 e. The van der Waals surface area contributed by atoms with Gasteiger partial charge in [0, 0.05) is 13.3 Å². The van der Waals surface area contributed by atoms with Crippen molar-refractivity contribution in [1.29, 1.82) is 0 Å². The van der Waals surface area contributed by atoms with Crippen molar-refractivity contribution in [2.75, 3.05) is 0 Å². The van der Waals surface area contributed by atoms with Gasteiger partial charge in [-0.15, -0.1) is 0 Å². The first-order valence-electron chi connectivity index (χ1n) is 3.69. The standard InChI is InChI=1S/C7H9NO5/c1-3(9)8-4(6(10)11)2-5(8)7(12)13/h4-5H,2H2,1H3,(H,10,11)(H,12,13). The predicted molar refractivity (Wildman–Crippen MR) is 40.0 cm³/mol. The van der Waals surface area contributed by atoms with Crippen molar-refractivity contribution in [3.63, 3.8) is 0 Å². The number of carboxylic acids is 2. The van der Waals surface area contributed by atoms with Crippen molar-refractivity contribution in [3.8, 4) is 0 Å². The van der Waals surface area contributed by atoms with Crippen LogP contribution in [0.1, 0.15) is 13.3 Å².